The van der Waals surface area contributed by atoms with E-state index < -0.39 is 6.17 Å². The lowest BCUT2D eigenvalue weighted by Gasteiger charge is -2.38. The van der Waals surface area contributed by atoms with Crippen molar-refractivity contribution in [3.8, 4) is 10.6 Å². The molecule has 2 bridgehead atoms. The molecule has 2 aliphatic rings. The summed E-state index contributed by atoms with van der Waals surface area (Å²) in [6.07, 6.45) is 4.98. The van der Waals surface area contributed by atoms with Gasteiger partial charge in [0.25, 0.3) is 5.56 Å². The third kappa shape index (κ3) is 2.84. The first-order chi connectivity index (χ1) is 13.1. The van der Waals surface area contributed by atoms with Crippen molar-refractivity contribution in [2.75, 3.05) is 11.9 Å². The van der Waals surface area contributed by atoms with Crippen LogP contribution in [0.15, 0.2) is 35.3 Å². The fourth-order valence-corrected chi connectivity index (χ4v) is 5.72. The Kier molecular flexibility index (Phi) is 4.00. The maximum Gasteiger partial charge on any atom is 0.256 e. The van der Waals surface area contributed by atoms with Crippen molar-refractivity contribution < 1.29 is 4.39 Å². The van der Waals surface area contributed by atoms with Crippen LogP contribution in [-0.4, -0.2) is 34.4 Å². The van der Waals surface area contributed by atoms with E-state index in [1.165, 1.54) is 11.3 Å². The third-order valence-corrected chi connectivity index (χ3v) is 7.31. The van der Waals surface area contributed by atoms with Crippen LogP contribution >= 0.6 is 11.3 Å². The van der Waals surface area contributed by atoms with Crippen LogP contribution in [0.25, 0.3) is 20.7 Å². The highest BCUT2D eigenvalue weighted by Crippen LogP contribution is 2.45. The second-order valence-corrected chi connectivity index (χ2v) is 8.85. The van der Waals surface area contributed by atoms with Gasteiger partial charge < -0.3 is 9.88 Å². The number of pyridine rings is 1. The smallest absolute Gasteiger partial charge is 0.256 e. The molecule has 3 heterocycles. The average Bonchev–Trinajstić information content (AvgIpc) is 3.30. The number of nitrogens with one attached hydrogen (secondary N) is 1. The molecule has 27 heavy (non-hydrogen) atoms. The van der Waals surface area contributed by atoms with E-state index in [9.17, 15) is 9.18 Å². The summed E-state index contributed by atoms with van der Waals surface area (Å²) in [5.74, 6) is 1.56. The Morgan fingerprint density at radius 2 is 2.11 bits per heavy atom. The van der Waals surface area contributed by atoms with Crippen LogP contribution in [0.4, 0.5) is 10.2 Å². The summed E-state index contributed by atoms with van der Waals surface area (Å²) in [4.78, 5) is 17.5. The predicted octanol–water partition coefficient (Wildman–Crippen LogP) is 4.01. The Hall–Kier alpha value is -2.28. The minimum atomic E-state index is -0.787. The van der Waals surface area contributed by atoms with Gasteiger partial charge in [-0.25, -0.2) is 4.39 Å². The lowest BCUT2D eigenvalue weighted by molar-refractivity contribution is 0.144. The molecular weight excluding hydrogens is 363 g/mol. The molecular formula is C20H21FN4OS. The van der Waals surface area contributed by atoms with E-state index in [-0.39, 0.29) is 17.5 Å². The minimum Gasteiger partial charge on any atom is -0.352 e. The van der Waals surface area contributed by atoms with Crippen molar-refractivity contribution in [1.82, 2.24) is 15.2 Å². The summed E-state index contributed by atoms with van der Waals surface area (Å²) < 4.78 is 15.8. The van der Waals surface area contributed by atoms with Crippen molar-refractivity contribution in [1.29, 1.82) is 0 Å². The molecule has 140 valence electrons. The van der Waals surface area contributed by atoms with Gasteiger partial charge in [-0.3, -0.25) is 4.79 Å². The number of fused-ring (bicyclic) bond motifs is 3. The van der Waals surface area contributed by atoms with Crippen LogP contribution in [0.3, 0.4) is 0 Å². The number of H-pyrrole nitrogens is 1. The molecule has 0 radical (unpaired) electrons. The lowest BCUT2D eigenvalue weighted by Crippen LogP contribution is -2.46. The molecule has 5 rings (SSSR count). The topological polar surface area (TPSA) is 61.9 Å². The van der Waals surface area contributed by atoms with Crippen LogP contribution in [0.1, 0.15) is 25.7 Å². The Balaban J connectivity index is 1.41. The highest BCUT2D eigenvalue weighted by Gasteiger charge is 2.44. The first-order valence-electron chi connectivity index (χ1n) is 9.42. The molecule has 2 saturated carbocycles. The number of aromatic amines is 1. The molecule has 7 heteroatoms. The van der Waals surface area contributed by atoms with Gasteiger partial charge in [-0.2, -0.15) is 0 Å². The van der Waals surface area contributed by atoms with Crippen molar-refractivity contribution in [3.63, 3.8) is 0 Å². The monoisotopic (exact) mass is 384 g/mol. The lowest BCUT2D eigenvalue weighted by atomic mass is 9.83. The molecule has 2 aliphatic carbocycles. The first-order valence-corrected chi connectivity index (χ1v) is 10.2. The Bertz CT molecular complexity index is 1030. The fourth-order valence-electron chi connectivity index (χ4n) is 4.69. The maximum absolute atomic E-state index is 14.9. The van der Waals surface area contributed by atoms with E-state index in [0.29, 0.717) is 17.1 Å². The molecule has 0 unspecified atom stereocenters. The summed E-state index contributed by atoms with van der Waals surface area (Å²) in [7, 11) is 1.92. The van der Waals surface area contributed by atoms with Crippen molar-refractivity contribution in [2.24, 2.45) is 11.8 Å². The summed E-state index contributed by atoms with van der Waals surface area (Å²) in [6.45, 7) is 0. The number of alkyl halides is 1. The number of thiophene rings is 1. The van der Waals surface area contributed by atoms with E-state index >= 15 is 0 Å². The van der Waals surface area contributed by atoms with E-state index in [1.807, 2.05) is 36.2 Å². The quantitative estimate of drug-likeness (QED) is 0.741. The van der Waals surface area contributed by atoms with Gasteiger partial charge in [0.2, 0.25) is 0 Å². The highest BCUT2D eigenvalue weighted by molar-refractivity contribution is 7.22. The normalized spacial score (nSPS) is 27.2. The molecule has 5 nitrogen and oxygen atoms in total. The highest BCUT2D eigenvalue weighted by atomic mass is 32.1. The SMILES string of the molecule is CN(c1ccc(-c2cc3c(=O)[nH]ccc3s2)nn1)[C@H]1C[C@@H]2CC[C@@H](C2)[C@H]1F. The van der Waals surface area contributed by atoms with Gasteiger partial charge in [0.05, 0.1) is 16.3 Å². The van der Waals surface area contributed by atoms with Crippen LogP contribution in [0.2, 0.25) is 0 Å². The number of halogens is 1. The minimum absolute atomic E-state index is 0.0970. The van der Waals surface area contributed by atoms with Crippen molar-refractivity contribution in [3.05, 3.63) is 40.8 Å². The number of anilines is 1. The average molecular weight is 384 g/mol. The third-order valence-electron chi connectivity index (χ3n) is 6.19. The summed E-state index contributed by atoms with van der Waals surface area (Å²) in [6, 6.07) is 7.43. The molecule has 0 amide bonds. The molecule has 0 spiro atoms. The van der Waals surface area contributed by atoms with E-state index in [2.05, 4.69) is 15.2 Å². The van der Waals surface area contributed by atoms with Gasteiger partial charge in [0.15, 0.2) is 5.82 Å². The molecule has 3 aromatic rings. The predicted molar refractivity (Wildman–Crippen MR) is 106 cm³/mol. The molecule has 2 fully saturated rings. The maximum atomic E-state index is 14.9. The van der Waals surface area contributed by atoms with Gasteiger partial charge in [-0.15, -0.1) is 21.5 Å². The Morgan fingerprint density at radius 3 is 2.89 bits per heavy atom. The van der Waals surface area contributed by atoms with Crippen LogP contribution in [0, 0.1) is 11.8 Å². The first kappa shape index (κ1) is 16.9. The summed E-state index contributed by atoms with van der Waals surface area (Å²) in [5, 5.41) is 9.38. The second kappa shape index (κ2) is 6.41. The molecule has 1 N–H and O–H groups in total. The number of nitrogens with zero attached hydrogens (tertiary/aromatic N) is 3. The second-order valence-electron chi connectivity index (χ2n) is 7.77. The number of hydrogen-bond donors (Lipinski definition) is 1. The van der Waals surface area contributed by atoms with Crippen LogP contribution in [-0.2, 0) is 0 Å². The van der Waals surface area contributed by atoms with E-state index in [1.54, 1.807) is 6.20 Å². The van der Waals surface area contributed by atoms with Gasteiger partial charge in [0, 0.05) is 17.9 Å². The van der Waals surface area contributed by atoms with Crippen LogP contribution in [0.5, 0.6) is 0 Å². The van der Waals surface area contributed by atoms with Crippen molar-refractivity contribution >= 4 is 27.2 Å². The largest absolute Gasteiger partial charge is 0.352 e. The standard InChI is InChI=1S/C20H21FN4OS/c1-25(15-9-11-2-3-12(8-11)19(15)21)18-5-4-14(23-24-18)17-10-13-16(27-17)6-7-22-20(13)26/h4-7,10-12,15,19H,2-3,8-9H2,1H3,(H,22,26)/t11-,12+,15+,19-/m1/s1. The zero-order valence-electron chi connectivity index (χ0n) is 15.1. The zero-order valence-corrected chi connectivity index (χ0v) is 15.9. The fraction of sp³-hybridized carbons (Fsp3) is 0.450. The van der Waals surface area contributed by atoms with E-state index in [0.717, 1.165) is 41.0 Å². The summed E-state index contributed by atoms with van der Waals surface area (Å²) >= 11 is 1.52. The summed E-state index contributed by atoms with van der Waals surface area (Å²) in [5.41, 5.74) is 0.633. The molecule has 0 aliphatic heterocycles. The number of rotatable bonds is 3. The van der Waals surface area contributed by atoms with Crippen LogP contribution < -0.4 is 10.5 Å². The van der Waals surface area contributed by atoms with Crippen molar-refractivity contribution in [2.45, 2.75) is 37.9 Å². The molecule has 0 aromatic carbocycles. The zero-order chi connectivity index (χ0) is 18.5. The van der Waals surface area contributed by atoms with Gasteiger partial charge >= 0.3 is 0 Å². The molecule has 3 aromatic heterocycles. The molecule has 0 saturated heterocycles. The Morgan fingerprint density at radius 1 is 1.22 bits per heavy atom. The van der Waals surface area contributed by atoms with Gasteiger partial charge in [-0.05, 0) is 61.8 Å². The number of hydrogen-bond acceptors (Lipinski definition) is 5. The molecule has 4 atom stereocenters. The van der Waals surface area contributed by atoms with Gasteiger partial charge in [0.1, 0.15) is 11.9 Å². The Labute approximate surface area is 160 Å². The van der Waals surface area contributed by atoms with E-state index in [4.69, 9.17) is 0 Å². The van der Waals surface area contributed by atoms with Gasteiger partial charge in [-0.1, -0.05) is 0 Å². The number of aromatic nitrogens is 3.